The molecule has 0 aliphatic heterocycles. The van der Waals surface area contributed by atoms with E-state index >= 15 is 0 Å². The van der Waals surface area contributed by atoms with Crippen molar-refractivity contribution in [3.63, 3.8) is 0 Å². The quantitative estimate of drug-likeness (QED) is 0.691. The third kappa shape index (κ3) is 3.84. The van der Waals surface area contributed by atoms with Crippen LogP contribution in [0.25, 0.3) is 0 Å². The Kier molecular flexibility index (Phi) is 6.11. The van der Waals surface area contributed by atoms with Crippen molar-refractivity contribution in [1.82, 2.24) is 0 Å². The summed E-state index contributed by atoms with van der Waals surface area (Å²) in [5.41, 5.74) is 0.382. The lowest BCUT2D eigenvalue weighted by Crippen LogP contribution is -2.17. The third-order valence-corrected chi connectivity index (χ3v) is 2.53. The molecule has 1 rings (SSSR count). The Morgan fingerprint density at radius 1 is 1.32 bits per heavy atom. The highest BCUT2D eigenvalue weighted by Gasteiger charge is 2.25. The Morgan fingerprint density at radius 2 is 2.05 bits per heavy atom. The van der Waals surface area contributed by atoms with E-state index in [2.05, 4.69) is 0 Å². The third-order valence-electron chi connectivity index (χ3n) is 2.53. The number of methoxy groups -OCH3 is 2. The smallest absolute Gasteiger partial charge is 0.337 e. The van der Waals surface area contributed by atoms with Crippen LogP contribution in [0.2, 0.25) is 0 Å². The molecule has 2 N–H and O–H groups in total. The van der Waals surface area contributed by atoms with Gasteiger partial charge in [-0.2, -0.15) is 0 Å². The first-order chi connectivity index (χ1) is 9.15. The highest BCUT2D eigenvalue weighted by atomic mass is 16.5. The first-order valence-electron chi connectivity index (χ1n) is 5.81. The maximum atomic E-state index is 11.3. The molecule has 0 amide bonds. The van der Waals surface area contributed by atoms with E-state index in [0.29, 0.717) is 23.5 Å². The van der Waals surface area contributed by atoms with Gasteiger partial charge in [0.2, 0.25) is 0 Å². The molecule has 0 bridgehead atoms. The molecule has 19 heavy (non-hydrogen) atoms. The maximum absolute atomic E-state index is 11.3. The number of carbonyl (C=O) groups is 1. The van der Waals surface area contributed by atoms with E-state index in [9.17, 15) is 9.90 Å². The summed E-state index contributed by atoms with van der Waals surface area (Å²) in [6.45, 7) is 0.0927. The lowest BCUT2D eigenvalue weighted by Gasteiger charge is -2.18. The zero-order valence-electron chi connectivity index (χ0n) is 11.0. The van der Waals surface area contributed by atoms with Crippen molar-refractivity contribution in [3.05, 3.63) is 23.8 Å². The highest BCUT2D eigenvalue weighted by Crippen LogP contribution is 2.36. The largest absolute Gasteiger partial charge is 0.493 e. The standard InChI is InChI=1S/C13H18O6/c1-17-10-6-3-5-9(11(10)18-2)12(13(15)16)19-8-4-7-14/h3,5-6,12,14H,4,7-8H2,1-2H3,(H,15,16). The van der Waals surface area contributed by atoms with Crippen LogP contribution < -0.4 is 9.47 Å². The number of aliphatic carboxylic acids is 1. The van der Waals surface area contributed by atoms with Crippen LogP contribution >= 0.6 is 0 Å². The van der Waals surface area contributed by atoms with E-state index in [0.717, 1.165) is 0 Å². The Bertz CT molecular complexity index is 418. The van der Waals surface area contributed by atoms with Crippen molar-refractivity contribution in [3.8, 4) is 11.5 Å². The van der Waals surface area contributed by atoms with Gasteiger partial charge >= 0.3 is 5.97 Å². The second kappa shape index (κ2) is 7.60. The van der Waals surface area contributed by atoms with Gasteiger partial charge in [-0.05, 0) is 12.5 Å². The molecule has 0 fully saturated rings. The lowest BCUT2D eigenvalue weighted by molar-refractivity contribution is -0.151. The second-order valence-corrected chi connectivity index (χ2v) is 3.75. The minimum absolute atomic E-state index is 0.0540. The van der Waals surface area contributed by atoms with E-state index in [1.54, 1.807) is 18.2 Å². The fourth-order valence-electron chi connectivity index (χ4n) is 1.68. The van der Waals surface area contributed by atoms with Crippen molar-refractivity contribution < 1.29 is 29.2 Å². The van der Waals surface area contributed by atoms with E-state index in [-0.39, 0.29) is 13.2 Å². The summed E-state index contributed by atoms with van der Waals surface area (Å²) in [5, 5.41) is 17.9. The number of hydrogen-bond acceptors (Lipinski definition) is 5. The Hall–Kier alpha value is -1.79. The van der Waals surface area contributed by atoms with Crippen LogP contribution in [0.4, 0.5) is 0 Å². The summed E-state index contributed by atoms with van der Waals surface area (Å²) >= 11 is 0. The molecule has 0 aromatic heterocycles. The van der Waals surface area contributed by atoms with Crippen LogP contribution in [-0.4, -0.2) is 43.6 Å². The second-order valence-electron chi connectivity index (χ2n) is 3.75. The van der Waals surface area contributed by atoms with Crippen molar-refractivity contribution >= 4 is 5.97 Å². The first-order valence-corrected chi connectivity index (χ1v) is 5.81. The molecule has 0 aliphatic rings. The molecule has 0 aliphatic carbocycles. The van der Waals surface area contributed by atoms with Crippen molar-refractivity contribution in [1.29, 1.82) is 0 Å². The molecule has 0 heterocycles. The zero-order valence-corrected chi connectivity index (χ0v) is 11.0. The van der Waals surface area contributed by atoms with E-state index in [4.69, 9.17) is 19.3 Å². The van der Waals surface area contributed by atoms with Gasteiger partial charge in [0.25, 0.3) is 0 Å². The molecule has 1 aromatic carbocycles. The average Bonchev–Trinajstić information content (AvgIpc) is 2.42. The number of para-hydroxylation sites is 1. The van der Waals surface area contributed by atoms with Gasteiger partial charge in [0.15, 0.2) is 17.6 Å². The Balaban J connectivity index is 3.04. The van der Waals surface area contributed by atoms with Crippen molar-refractivity contribution in [2.24, 2.45) is 0 Å². The van der Waals surface area contributed by atoms with Gasteiger partial charge in [0, 0.05) is 12.2 Å². The molecule has 0 saturated carbocycles. The summed E-state index contributed by atoms with van der Waals surface area (Å²) in [6, 6.07) is 4.95. The lowest BCUT2D eigenvalue weighted by atomic mass is 10.1. The van der Waals surface area contributed by atoms with Gasteiger partial charge in [-0.25, -0.2) is 4.79 Å². The number of benzene rings is 1. The molecule has 6 nitrogen and oxygen atoms in total. The topological polar surface area (TPSA) is 85.2 Å². The molecule has 0 radical (unpaired) electrons. The summed E-state index contributed by atoms with van der Waals surface area (Å²) < 4.78 is 15.6. The summed E-state index contributed by atoms with van der Waals surface area (Å²) in [7, 11) is 2.91. The molecular formula is C13H18O6. The van der Waals surface area contributed by atoms with Crippen LogP contribution in [0.5, 0.6) is 11.5 Å². The molecule has 1 aromatic rings. The SMILES string of the molecule is COc1cccc(C(OCCCO)C(=O)O)c1OC. The summed E-state index contributed by atoms with van der Waals surface area (Å²) in [4.78, 5) is 11.3. The molecule has 0 saturated heterocycles. The van der Waals surface area contributed by atoms with Gasteiger partial charge in [0.05, 0.1) is 20.8 Å². The predicted octanol–water partition coefficient (Wildman–Crippen LogP) is 1.23. The van der Waals surface area contributed by atoms with Gasteiger partial charge in [-0.3, -0.25) is 0 Å². The van der Waals surface area contributed by atoms with E-state index in [1.165, 1.54) is 14.2 Å². The van der Waals surface area contributed by atoms with E-state index in [1.807, 2.05) is 0 Å². The van der Waals surface area contributed by atoms with Gasteiger partial charge < -0.3 is 24.4 Å². The minimum Gasteiger partial charge on any atom is -0.493 e. The van der Waals surface area contributed by atoms with Crippen molar-refractivity contribution in [2.75, 3.05) is 27.4 Å². The van der Waals surface area contributed by atoms with Crippen LogP contribution in [-0.2, 0) is 9.53 Å². The summed E-state index contributed by atoms with van der Waals surface area (Å²) in [6.07, 6.45) is -0.785. The number of aliphatic hydroxyl groups is 1. The number of rotatable bonds is 8. The number of ether oxygens (including phenoxy) is 3. The zero-order chi connectivity index (χ0) is 14.3. The molecular weight excluding hydrogens is 252 g/mol. The molecule has 1 unspecified atom stereocenters. The fourth-order valence-corrected chi connectivity index (χ4v) is 1.68. The van der Waals surface area contributed by atoms with Gasteiger partial charge in [-0.15, -0.1) is 0 Å². The van der Waals surface area contributed by atoms with Gasteiger partial charge in [0.1, 0.15) is 0 Å². The maximum Gasteiger partial charge on any atom is 0.337 e. The number of carboxylic acids is 1. The monoisotopic (exact) mass is 270 g/mol. The number of aliphatic hydroxyl groups excluding tert-OH is 1. The molecule has 106 valence electrons. The Morgan fingerprint density at radius 3 is 2.58 bits per heavy atom. The highest BCUT2D eigenvalue weighted by molar-refractivity contribution is 5.76. The fraction of sp³-hybridized carbons (Fsp3) is 0.462. The van der Waals surface area contributed by atoms with Crippen LogP contribution in [0, 0.1) is 0 Å². The molecule has 1 atom stereocenters. The normalized spacial score (nSPS) is 11.9. The molecule has 6 heteroatoms. The molecule has 0 spiro atoms. The van der Waals surface area contributed by atoms with Crippen molar-refractivity contribution in [2.45, 2.75) is 12.5 Å². The first kappa shape index (κ1) is 15.3. The van der Waals surface area contributed by atoms with E-state index < -0.39 is 12.1 Å². The Labute approximate surface area is 111 Å². The average molecular weight is 270 g/mol. The predicted molar refractivity (Wildman–Crippen MR) is 67.6 cm³/mol. The number of hydrogen-bond donors (Lipinski definition) is 2. The van der Waals surface area contributed by atoms with Crippen LogP contribution in [0.3, 0.4) is 0 Å². The van der Waals surface area contributed by atoms with Crippen LogP contribution in [0.1, 0.15) is 18.1 Å². The summed E-state index contributed by atoms with van der Waals surface area (Å²) in [5.74, 6) is -0.345. The van der Waals surface area contributed by atoms with Gasteiger partial charge in [-0.1, -0.05) is 12.1 Å². The minimum atomic E-state index is -1.16. The number of carboxylic acid groups (broad SMARTS) is 1. The van der Waals surface area contributed by atoms with Crippen LogP contribution in [0.15, 0.2) is 18.2 Å².